The van der Waals surface area contributed by atoms with Gasteiger partial charge in [0.15, 0.2) is 11.5 Å². The van der Waals surface area contributed by atoms with E-state index < -0.39 is 11.9 Å². The number of methoxy groups -OCH3 is 1. The Hall–Kier alpha value is -4.13. The van der Waals surface area contributed by atoms with Gasteiger partial charge in [-0.1, -0.05) is 18.2 Å². The molecule has 0 bridgehead atoms. The summed E-state index contributed by atoms with van der Waals surface area (Å²) >= 11 is 0. The zero-order chi connectivity index (χ0) is 22.1. The molecule has 7 heteroatoms. The number of nitrogens with one attached hydrogen (secondary N) is 1. The van der Waals surface area contributed by atoms with Crippen molar-refractivity contribution in [2.45, 2.75) is 6.42 Å². The summed E-state index contributed by atoms with van der Waals surface area (Å²) in [6.45, 7) is 0.487. The van der Waals surface area contributed by atoms with Gasteiger partial charge < -0.3 is 19.9 Å². The Morgan fingerprint density at radius 1 is 1.06 bits per heavy atom. The molecular weight excluding hydrogens is 396 g/mol. The number of rotatable bonds is 9. The van der Waals surface area contributed by atoms with E-state index in [9.17, 15) is 14.7 Å². The minimum absolute atomic E-state index is 0.0270. The van der Waals surface area contributed by atoms with Crippen LogP contribution in [0.3, 0.4) is 0 Å². The first-order valence-corrected chi connectivity index (χ1v) is 9.58. The first-order chi connectivity index (χ1) is 15.1. The predicted molar refractivity (Wildman–Crippen MR) is 117 cm³/mol. The Bertz CT molecular complexity index is 1080. The standard InChI is InChI=1S/C24H22N2O5/c1-30-22-16-18(6-8-21(22)31-15-12-17-10-13-25-14-11-17)7-9-23(27)26-20-5-3-2-4-19(20)24(28)29/h2-11,13-14,16H,12,15H2,1H3,(H,26,27)(H,28,29). The van der Waals surface area contributed by atoms with Crippen molar-refractivity contribution in [3.63, 3.8) is 0 Å². The van der Waals surface area contributed by atoms with Gasteiger partial charge in [0.2, 0.25) is 5.91 Å². The van der Waals surface area contributed by atoms with Gasteiger partial charge in [-0.05, 0) is 53.6 Å². The summed E-state index contributed by atoms with van der Waals surface area (Å²) in [6.07, 6.45) is 7.17. The molecule has 0 radical (unpaired) electrons. The summed E-state index contributed by atoms with van der Waals surface area (Å²) in [7, 11) is 1.55. The molecule has 3 rings (SSSR count). The van der Waals surface area contributed by atoms with E-state index in [0.717, 1.165) is 17.5 Å². The molecule has 31 heavy (non-hydrogen) atoms. The van der Waals surface area contributed by atoms with Gasteiger partial charge in [-0.3, -0.25) is 9.78 Å². The lowest BCUT2D eigenvalue weighted by atomic mass is 10.1. The molecule has 0 fully saturated rings. The summed E-state index contributed by atoms with van der Waals surface area (Å²) < 4.78 is 11.2. The van der Waals surface area contributed by atoms with Crippen LogP contribution in [0.5, 0.6) is 11.5 Å². The van der Waals surface area contributed by atoms with E-state index in [4.69, 9.17) is 9.47 Å². The highest BCUT2D eigenvalue weighted by molar-refractivity contribution is 6.06. The van der Waals surface area contributed by atoms with Crippen molar-refractivity contribution in [1.29, 1.82) is 0 Å². The lowest BCUT2D eigenvalue weighted by Crippen LogP contribution is -2.11. The molecule has 0 atom stereocenters. The maximum absolute atomic E-state index is 12.2. The molecule has 0 aliphatic heterocycles. The van der Waals surface area contributed by atoms with Gasteiger partial charge >= 0.3 is 5.97 Å². The molecule has 2 aromatic carbocycles. The third-order valence-corrected chi connectivity index (χ3v) is 4.43. The van der Waals surface area contributed by atoms with Gasteiger partial charge in [-0.2, -0.15) is 0 Å². The van der Waals surface area contributed by atoms with Crippen molar-refractivity contribution >= 4 is 23.6 Å². The molecule has 1 aromatic heterocycles. The zero-order valence-electron chi connectivity index (χ0n) is 16.9. The molecule has 0 unspecified atom stereocenters. The van der Waals surface area contributed by atoms with Crippen LogP contribution in [0.1, 0.15) is 21.5 Å². The predicted octanol–water partition coefficient (Wildman–Crippen LogP) is 4.06. The van der Waals surface area contributed by atoms with Crippen molar-refractivity contribution in [2.75, 3.05) is 19.0 Å². The fraction of sp³-hybridized carbons (Fsp3) is 0.125. The number of ether oxygens (including phenoxy) is 2. The zero-order valence-corrected chi connectivity index (χ0v) is 16.9. The van der Waals surface area contributed by atoms with Gasteiger partial charge in [0.25, 0.3) is 0 Å². The Kier molecular flexibility index (Phi) is 7.37. The number of nitrogens with zero attached hydrogens (tertiary/aromatic N) is 1. The number of aromatic nitrogens is 1. The normalized spacial score (nSPS) is 10.6. The molecule has 1 amide bonds. The van der Waals surface area contributed by atoms with E-state index in [1.807, 2.05) is 12.1 Å². The van der Waals surface area contributed by atoms with Gasteiger partial charge in [0.1, 0.15) is 0 Å². The Morgan fingerprint density at radius 3 is 2.58 bits per heavy atom. The number of pyridine rings is 1. The lowest BCUT2D eigenvalue weighted by Gasteiger charge is -2.11. The number of carboxylic acid groups (broad SMARTS) is 1. The van der Waals surface area contributed by atoms with Crippen molar-refractivity contribution in [3.8, 4) is 11.5 Å². The van der Waals surface area contributed by atoms with Gasteiger partial charge in [0, 0.05) is 24.9 Å². The summed E-state index contributed by atoms with van der Waals surface area (Å²) in [5.41, 5.74) is 2.13. The quantitative estimate of drug-likeness (QED) is 0.509. The molecule has 0 aliphatic carbocycles. The number of carbonyl (C=O) groups excluding carboxylic acids is 1. The van der Waals surface area contributed by atoms with Crippen molar-refractivity contribution < 1.29 is 24.2 Å². The van der Waals surface area contributed by atoms with Crippen LogP contribution in [0.2, 0.25) is 0 Å². The first kappa shape index (κ1) is 21.6. The fourth-order valence-corrected chi connectivity index (χ4v) is 2.86. The first-order valence-electron chi connectivity index (χ1n) is 9.58. The van der Waals surface area contributed by atoms with E-state index in [1.165, 1.54) is 18.2 Å². The Labute approximate surface area is 180 Å². The maximum Gasteiger partial charge on any atom is 0.337 e. The molecule has 0 aliphatic rings. The minimum atomic E-state index is -1.11. The van der Waals surface area contributed by atoms with Crippen LogP contribution in [-0.2, 0) is 11.2 Å². The van der Waals surface area contributed by atoms with Crippen LogP contribution in [0.15, 0.2) is 73.1 Å². The lowest BCUT2D eigenvalue weighted by molar-refractivity contribution is -0.111. The number of benzene rings is 2. The highest BCUT2D eigenvalue weighted by Crippen LogP contribution is 2.28. The van der Waals surface area contributed by atoms with Crippen LogP contribution in [0.4, 0.5) is 5.69 Å². The monoisotopic (exact) mass is 418 g/mol. The van der Waals surface area contributed by atoms with Crippen LogP contribution >= 0.6 is 0 Å². The second kappa shape index (κ2) is 10.6. The summed E-state index contributed by atoms with van der Waals surface area (Å²) in [5.74, 6) is -0.392. The number of aromatic carboxylic acids is 1. The largest absolute Gasteiger partial charge is 0.493 e. The SMILES string of the molecule is COc1cc(C=CC(=O)Nc2ccccc2C(=O)O)ccc1OCCc1ccncc1. The third kappa shape index (κ3) is 6.17. The number of hydrogen-bond acceptors (Lipinski definition) is 5. The molecule has 7 nitrogen and oxygen atoms in total. The van der Waals surface area contributed by atoms with Crippen LogP contribution in [-0.4, -0.2) is 35.7 Å². The maximum atomic E-state index is 12.2. The second-order valence-corrected chi connectivity index (χ2v) is 6.54. The number of carbonyl (C=O) groups is 2. The van der Waals surface area contributed by atoms with E-state index in [2.05, 4.69) is 10.3 Å². The molecule has 158 valence electrons. The molecule has 1 heterocycles. The summed E-state index contributed by atoms with van der Waals surface area (Å²) in [5, 5.41) is 11.8. The molecule has 3 aromatic rings. The molecule has 0 saturated heterocycles. The number of anilines is 1. The number of carboxylic acids is 1. The van der Waals surface area contributed by atoms with Crippen molar-refractivity contribution in [1.82, 2.24) is 4.98 Å². The average Bonchev–Trinajstić information content (AvgIpc) is 2.79. The van der Waals surface area contributed by atoms with Crippen LogP contribution in [0, 0.1) is 0 Å². The fourth-order valence-electron chi connectivity index (χ4n) is 2.86. The topological polar surface area (TPSA) is 97.8 Å². The summed E-state index contributed by atoms with van der Waals surface area (Å²) in [6, 6.07) is 15.4. The van der Waals surface area contributed by atoms with Crippen molar-refractivity contribution in [2.24, 2.45) is 0 Å². The van der Waals surface area contributed by atoms with Crippen LogP contribution < -0.4 is 14.8 Å². The third-order valence-electron chi connectivity index (χ3n) is 4.43. The molecular formula is C24H22N2O5. The van der Waals surface area contributed by atoms with Gasteiger partial charge in [-0.25, -0.2) is 4.79 Å². The summed E-state index contributed by atoms with van der Waals surface area (Å²) in [4.78, 5) is 27.4. The molecule has 0 spiro atoms. The van der Waals surface area contributed by atoms with E-state index in [1.54, 1.807) is 55.9 Å². The van der Waals surface area contributed by atoms with E-state index in [-0.39, 0.29) is 11.3 Å². The molecule has 0 saturated carbocycles. The van der Waals surface area contributed by atoms with Gasteiger partial charge in [0.05, 0.1) is 25.0 Å². The van der Waals surface area contributed by atoms with Gasteiger partial charge in [-0.15, -0.1) is 0 Å². The van der Waals surface area contributed by atoms with E-state index >= 15 is 0 Å². The number of hydrogen-bond donors (Lipinski definition) is 2. The highest BCUT2D eigenvalue weighted by Gasteiger charge is 2.10. The number of para-hydroxylation sites is 1. The van der Waals surface area contributed by atoms with E-state index in [0.29, 0.717) is 18.1 Å². The smallest absolute Gasteiger partial charge is 0.337 e. The average molecular weight is 418 g/mol. The highest BCUT2D eigenvalue weighted by atomic mass is 16.5. The Morgan fingerprint density at radius 2 is 1.84 bits per heavy atom. The number of amides is 1. The molecule has 2 N–H and O–H groups in total. The van der Waals surface area contributed by atoms with Crippen LogP contribution in [0.25, 0.3) is 6.08 Å². The minimum Gasteiger partial charge on any atom is -0.493 e. The van der Waals surface area contributed by atoms with Crippen molar-refractivity contribution in [3.05, 3.63) is 89.8 Å². The Balaban J connectivity index is 1.62. The second-order valence-electron chi connectivity index (χ2n) is 6.54.